The third kappa shape index (κ3) is 3.72. The van der Waals surface area contributed by atoms with Gasteiger partial charge in [0.1, 0.15) is 0 Å². The van der Waals surface area contributed by atoms with E-state index in [1.165, 1.54) is 49.9 Å². The van der Waals surface area contributed by atoms with Gasteiger partial charge in [-0.1, -0.05) is 13.8 Å². The SMILES string of the molecule is CCCNCc1cnc(C)cc1N1CCCCC1CC. The highest BCUT2D eigenvalue weighted by molar-refractivity contribution is 5.54. The van der Waals surface area contributed by atoms with Crippen molar-refractivity contribution >= 4 is 5.69 Å². The van der Waals surface area contributed by atoms with E-state index in [2.05, 4.69) is 48.2 Å². The molecule has 1 aliphatic heterocycles. The maximum Gasteiger partial charge on any atom is 0.0448 e. The molecule has 1 atom stereocenters. The number of nitrogens with one attached hydrogen (secondary N) is 1. The number of nitrogens with zero attached hydrogens (tertiary/aromatic N) is 2. The van der Waals surface area contributed by atoms with Gasteiger partial charge in [0.25, 0.3) is 0 Å². The molecule has 1 aliphatic rings. The highest BCUT2D eigenvalue weighted by Gasteiger charge is 2.23. The molecule has 1 N–H and O–H groups in total. The summed E-state index contributed by atoms with van der Waals surface area (Å²) in [7, 11) is 0. The molecular formula is C17H29N3. The average molecular weight is 275 g/mol. The normalized spacial score (nSPS) is 19.4. The molecule has 1 saturated heterocycles. The van der Waals surface area contributed by atoms with Crippen LogP contribution in [0.25, 0.3) is 0 Å². The van der Waals surface area contributed by atoms with Crippen LogP contribution in [0.1, 0.15) is 57.2 Å². The Kier molecular flexibility index (Phi) is 5.84. The Morgan fingerprint density at radius 2 is 2.20 bits per heavy atom. The van der Waals surface area contributed by atoms with Crippen molar-refractivity contribution in [3.8, 4) is 0 Å². The number of hydrogen-bond acceptors (Lipinski definition) is 3. The van der Waals surface area contributed by atoms with Crippen molar-refractivity contribution in [1.82, 2.24) is 10.3 Å². The van der Waals surface area contributed by atoms with E-state index in [4.69, 9.17) is 0 Å². The maximum absolute atomic E-state index is 4.50. The summed E-state index contributed by atoms with van der Waals surface area (Å²) in [5.74, 6) is 0. The van der Waals surface area contributed by atoms with Gasteiger partial charge in [-0.05, 0) is 51.6 Å². The van der Waals surface area contributed by atoms with Crippen LogP contribution in [0.4, 0.5) is 5.69 Å². The molecule has 0 bridgehead atoms. The monoisotopic (exact) mass is 275 g/mol. The van der Waals surface area contributed by atoms with Crippen LogP contribution < -0.4 is 10.2 Å². The van der Waals surface area contributed by atoms with Crippen molar-refractivity contribution in [3.63, 3.8) is 0 Å². The van der Waals surface area contributed by atoms with E-state index < -0.39 is 0 Å². The van der Waals surface area contributed by atoms with Crippen LogP contribution in [-0.2, 0) is 6.54 Å². The smallest absolute Gasteiger partial charge is 0.0448 e. The van der Waals surface area contributed by atoms with Crippen molar-refractivity contribution in [2.45, 2.75) is 65.5 Å². The summed E-state index contributed by atoms with van der Waals surface area (Å²) in [6, 6.07) is 2.98. The van der Waals surface area contributed by atoms with Gasteiger partial charge in [0.05, 0.1) is 0 Å². The van der Waals surface area contributed by atoms with Crippen LogP contribution in [0.3, 0.4) is 0 Å². The largest absolute Gasteiger partial charge is 0.368 e. The zero-order valence-electron chi connectivity index (χ0n) is 13.3. The van der Waals surface area contributed by atoms with Gasteiger partial charge in [0.2, 0.25) is 0 Å². The van der Waals surface area contributed by atoms with Gasteiger partial charge >= 0.3 is 0 Å². The molecule has 2 heterocycles. The first-order chi connectivity index (χ1) is 9.76. The number of anilines is 1. The molecule has 0 amide bonds. The van der Waals surface area contributed by atoms with Crippen LogP contribution >= 0.6 is 0 Å². The standard InChI is InChI=1S/C17H29N3/c1-4-9-18-12-15-13-19-14(3)11-17(15)20-10-7-6-8-16(20)5-2/h11,13,16,18H,4-10,12H2,1-3H3. The number of aryl methyl sites for hydroxylation is 1. The third-order valence-electron chi connectivity index (χ3n) is 4.25. The zero-order chi connectivity index (χ0) is 14.4. The van der Waals surface area contributed by atoms with Crippen LogP contribution in [0, 0.1) is 6.92 Å². The molecule has 1 aromatic heterocycles. The molecule has 0 spiro atoms. The van der Waals surface area contributed by atoms with Crippen molar-refractivity contribution in [1.29, 1.82) is 0 Å². The Morgan fingerprint density at radius 3 is 2.95 bits per heavy atom. The van der Waals surface area contributed by atoms with E-state index in [1.807, 2.05) is 0 Å². The van der Waals surface area contributed by atoms with Crippen molar-refractivity contribution in [3.05, 3.63) is 23.5 Å². The molecule has 1 fully saturated rings. The lowest BCUT2D eigenvalue weighted by Gasteiger charge is -2.38. The lowest BCUT2D eigenvalue weighted by Crippen LogP contribution is -2.40. The second-order valence-electron chi connectivity index (χ2n) is 5.88. The van der Waals surface area contributed by atoms with Gasteiger partial charge in [-0.2, -0.15) is 0 Å². The molecule has 1 unspecified atom stereocenters. The number of aromatic nitrogens is 1. The van der Waals surface area contributed by atoms with Crippen LogP contribution in [0.5, 0.6) is 0 Å². The van der Waals surface area contributed by atoms with Gasteiger partial charge in [0.15, 0.2) is 0 Å². The lowest BCUT2D eigenvalue weighted by atomic mass is 9.98. The van der Waals surface area contributed by atoms with E-state index in [1.54, 1.807) is 0 Å². The summed E-state index contributed by atoms with van der Waals surface area (Å²) < 4.78 is 0. The van der Waals surface area contributed by atoms with Gasteiger partial charge in [-0.25, -0.2) is 0 Å². The maximum atomic E-state index is 4.50. The fourth-order valence-electron chi connectivity index (χ4n) is 3.12. The minimum absolute atomic E-state index is 0.704. The quantitative estimate of drug-likeness (QED) is 0.803. The topological polar surface area (TPSA) is 28.2 Å². The van der Waals surface area contributed by atoms with E-state index in [9.17, 15) is 0 Å². The second kappa shape index (κ2) is 7.63. The molecule has 1 aromatic rings. The Hall–Kier alpha value is -1.09. The van der Waals surface area contributed by atoms with Crippen molar-refractivity contribution in [2.75, 3.05) is 18.0 Å². The number of piperidine rings is 1. The Balaban J connectivity index is 2.20. The Morgan fingerprint density at radius 1 is 1.35 bits per heavy atom. The van der Waals surface area contributed by atoms with Crippen LogP contribution in [-0.4, -0.2) is 24.1 Å². The highest BCUT2D eigenvalue weighted by Crippen LogP contribution is 2.29. The van der Waals surface area contributed by atoms with E-state index >= 15 is 0 Å². The van der Waals surface area contributed by atoms with Crippen LogP contribution in [0.2, 0.25) is 0 Å². The number of pyridine rings is 1. The summed E-state index contributed by atoms with van der Waals surface area (Å²) in [6.07, 6.45) is 8.51. The third-order valence-corrected chi connectivity index (χ3v) is 4.25. The van der Waals surface area contributed by atoms with Crippen molar-refractivity contribution in [2.24, 2.45) is 0 Å². The molecular weight excluding hydrogens is 246 g/mol. The minimum Gasteiger partial charge on any atom is -0.368 e. The predicted octanol–water partition coefficient (Wildman–Crippen LogP) is 3.66. The number of rotatable bonds is 6. The minimum atomic E-state index is 0.704. The molecule has 3 nitrogen and oxygen atoms in total. The summed E-state index contributed by atoms with van der Waals surface area (Å²) in [4.78, 5) is 7.12. The van der Waals surface area contributed by atoms with E-state index in [-0.39, 0.29) is 0 Å². The molecule has 0 aliphatic carbocycles. The molecule has 0 radical (unpaired) electrons. The average Bonchev–Trinajstić information content (AvgIpc) is 2.49. The first kappa shape index (κ1) is 15.3. The molecule has 0 saturated carbocycles. The first-order valence-electron chi connectivity index (χ1n) is 8.19. The molecule has 0 aromatic carbocycles. The zero-order valence-corrected chi connectivity index (χ0v) is 13.3. The van der Waals surface area contributed by atoms with Crippen molar-refractivity contribution < 1.29 is 0 Å². The van der Waals surface area contributed by atoms with Gasteiger partial charge in [-0.3, -0.25) is 4.98 Å². The summed E-state index contributed by atoms with van der Waals surface area (Å²) in [6.45, 7) is 9.82. The summed E-state index contributed by atoms with van der Waals surface area (Å²) in [5.41, 5.74) is 3.89. The summed E-state index contributed by atoms with van der Waals surface area (Å²) in [5, 5.41) is 3.52. The number of hydrogen-bond donors (Lipinski definition) is 1. The molecule has 112 valence electrons. The van der Waals surface area contributed by atoms with Gasteiger partial charge in [0, 0.05) is 42.3 Å². The summed E-state index contributed by atoms with van der Waals surface area (Å²) >= 11 is 0. The van der Waals surface area contributed by atoms with Gasteiger partial charge < -0.3 is 10.2 Å². The Bertz CT molecular complexity index is 417. The molecule has 2 rings (SSSR count). The lowest BCUT2D eigenvalue weighted by molar-refractivity contribution is 0.448. The first-order valence-corrected chi connectivity index (χ1v) is 8.19. The molecule has 3 heteroatoms. The fourth-order valence-corrected chi connectivity index (χ4v) is 3.12. The fraction of sp³-hybridized carbons (Fsp3) is 0.706. The van der Waals surface area contributed by atoms with E-state index in [0.717, 1.165) is 18.8 Å². The van der Waals surface area contributed by atoms with Gasteiger partial charge in [-0.15, -0.1) is 0 Å². The Labute approximate surface area is 123 Å². The van der Waals surface area contributed by atoms with E-state index in [0.29, 0.717) is 6.04 Å². The predicted molar refractivity (Wildman–Crippen MR) is 86.2 cm³/mol. The highest BCUT2D eigenvalue weighted by atomic mass is 15.2. The molecule has 20 heavy (non-hydrogen) atoms. The van der Waals surface area contributed by atoms with Crippen LogP contribution in [0.15, 0.2) is 12.3 Å². The second-order valence-corrected chi connectivity index (χ2v) is 5.88.